The average molecular weight is 359 g/mol. The average Bonchev–Trinajstić information content (AvgIpc) is 3.35. The van der Waals surface area contributed by atoms with Crippen molar-refractivity contribution in [1.82, 2.24) is 24.8 Å². The zero-order valence-electron chi connectivity index (χ0n) is 14.9. The molecule has 0 spiro atoms. The third kappa shape index (κ3) is 3.11. The number of thiazole rings is 1. The summed E-state index contributed by atoms with van der Waals surface area (Å²) in [5, 5.41) is 4.55. The number of rotatable bonds is 3. The van der Waals surface area contributed by atoms with Crippen molar-refractivity contribution in [3.05, 3.63) is 33.8 Å². The van der Waals surface area contributed by atoms with Crippen molar-refractivity contribution in [2.75, 3.05) is 19.6 Å². The third-order valence-corrected chi connectivity index (χ3v) is 6.68. The number of hydrogen-bond acceptors (Lipinski definition) is 5. The van der Waals surface area contributed by atoms with E-state index in [9.17, 15) is 4.79 Å². The van der Waals surface area contributed by atoms with Crippen LogP contribution >= 0.6 is 11.3 Å². The second kappa shape index (κ2) is 6.88. The molecule has 0 radical (unpaired) electrons. The van der Waals surface area contributed by atoms with Gasteiger partial charge in [-0.1, -0.05) is 12.8 Å². The summed E-state index contributed by atoms with van der Waals surface area (Å²) >= 11 is 1.61. The zero-order valence-corrected chi connectivity index (χ0v) is 15.7. The fraction of sp³-hybridized carbons (Fsp3) is 0.611. The molecule has 2 aliphatic rings. The molecule has 1 amide bonds. The largest absolute Gasteiger partial charge is 0.336 e. The molecule has 1 unspecified atom stereocenters. The highest BCUT2D eigenvalue weighted by atomic mass is 32.1. The summed E-state index contributed by atoms with van der Waals surface area (Å²) in [5.74, 6) is 1.59. The number of carbonyl (C=O) groups is 1. The molecule has 1 N–H and O–H groups in total. The Labute approximate surface area is 152 Å². The van der Waals surface area contributed by atoms with E-state index >= 15 is 0 Å². The van der Waals surface area contributed by atoms with Crippen LogP contribution in [0, 0.1) is 6.92 Å². The molecule has 3 heterocycles. The van der Waals surface area contributed by atoms with E-state index in [1.165, 1.54) is 25.7 Å². The molecule has 25 heavy (non-hydrogen) atoms. The minimum atomic E-state index is -0.0299. The Morgan fingerprint density at radius 1 is 1.36 bits per heavy atom. The summed E-state index contributed by atoms with van der Waals surface area (Å²) in [6, 6.07) is -0.0299. The van der Waals surface area contributed by atoms with Crippen molar-refractivity contribution in [2.45, 2.75) is 44.6 Å². The van der Waals surface area contributed by atoms with E-state index in [-0.39, 0.29) is 11.9 Å². The number of carbonyl (C=O) groups excluding carboxylic acids is 1. The highest BCUT2D eigenvalue weighted by Crippen LogP contribution is 2.38. The summed E-state index contributed by atoms with van der Waals surface area (Å²) < 4.78 is 2.00. The van der Waals surface area contributed by atoms with Crippen LogP contribution in [-0.4, -0.2) is 45.0 Å². The molecule has 1 aliphatic carbocycles. The molecule has 6 nitrogen and oxygen atoms in total. The number of aryl methyl sites for hydroxylation is 2. The second-order valence-electron chi connectivity index (χ2n) is 7.06. The van der Waals surface area contributed by atoms with Gasteiger partial charge in [0, 0.05) is 45.0 Å². The van der Waals surface area contributed by atoms with Gasteiger partial charge in [-0.2, -0.15) is 0 Å². The Morgan fingerprint density at radius 3 is 2.88 bits per heavy atom. The van der Waals surface area contributed by atoms with Crippen molar-refractivity contribution in [3.8, 4) is 0 Å². The summed E-state index contributed by atoms with van der Waals surface area (Å²) in [6.45, 7) is 4.23. The molecular weight excluding hydrogens is 334 g/mol. The zero-order chi connectivity index (χ0) is 17.4. The van der Waals surface area contributed by atoms with E-state index < -0.39 is 0 Å². The molecule has 4 rings (SSSR count). The van der Waals surface area contributed by atoms with Crippen LogP contribution in [0.5, 0.6) is 0 Å². The highest BCUT2D eigenvalue weighted by Gasteiger charge is 2.33. The third-order valence-electron chi connectivity index (χ3n) is 5.37. The number of imidazole rings is 1. The van der Waals surface area contributed by atoms with Gasteiger partial charge in [0.15, 0.2) is 0 Å². The summed E-state index contributed by atoms with van der Waals surface area (Å²) in [4.78, 5) is 25.3. The second-order valence-corrected chi connectivity index (χ2v) is 8.09. The van der Waals surface area contributed by atoms with Crippen LogP contribution in [-0.2, 0) is 7.05 Å². The molecule has 2 aromatic heterocycles. The minimum absolute atomic E-state index is 0.0299. The summed E-state index contributed by atoms with van der Waals surface area (Å²) in [7, 11) is 1.98. The normalized spacial score (nSPS) is 21.8. The Kier molecular flexibility index (Phi) is 4.60. The Hall–Kier alpha value is -1.73. The number of nitrogens with zero attached hydrogens (tertiary/aromatic N) is 4. The summed E-state index contributed by atoms with van der Waals surface area (Å²) in [5.41, 5.74) is 0.883. The van der Waals surface area contributed by atoms with Crippen molar-refractivity contribution in [1.29, 1.82) is 0 Å². The van der Waals surface area contributed by atoms with Gasteiger partial charge in [-0.3, -0.25) is 4.79 Å². The molecular formula is C18H25N5OS. The lowest BCUT2D eigenvalue weighted by Gasteiger charge is -2.35. The number of aromatic nitrogens is 3. The van der Waals surface area contributed by atoms with Crippen LogP contribution in [0.1, 0.15) is 63.8 Å². The van der Waals surface area contributed by atoms with Gasteiger partial charge in [-0.25, -0.2) is 9.97 Å². The van der Waals surface area contributed by atoms with Gasteiger partial charge in [0.1, 0.15) is 16.7 Å². The summed E-state index contributed by atoms with van der Waals surface area (Å²) in [6.07, 6.45) is 8.72. The molecule has 1 saturated heterocycles. The van der Waals surface area contributed by atoms with Crippen LogP contribution in [0.15, 0.2) is 12.4 Å². The quantitative estimate of drug-likeness (QED) is 0.915. The Bertz CT molecular complexity index is 761. The van der Waals surface area contributed by atoms with Crippen LogP contribution in [0.4, 0.5) is 0 Å². The van der Waals surface area contributed by atoms with Gasteiger partial charge in [-0.05, 0) is 19.8 Å². The van der Waals surface area contributed by atoms with E-state index in [1.54, 1.807) is 17.5 Å². The minimum Gasteiger partial charge on any atom is -0.336 e. The van der Waals surface area contributed by atoms with E-state index in [0.717, 1.165) is 34.5 Å². The van der Waals surface area contributed by atoms with E-state index in [0.29, 0.717) is 12.5 Å². The number of nitrogens with one attached hydrogen (secondary N) is 1. The monoisotopic (exact) mass is 359 g/mol. The van der Waals surface area contributed by atoms with Gasteiger partial charge < -0.3 is 14.8 Å². The van der Waals surface area contributed by atoms with Gasteiger partial charge in [0.05, 0.1) is 10.7 Å². The van der Waals surface area contributed by atoms with Crippen molar-refractivity contribution >= 4 is 17.2 Å². The lowest BCUT2D eigenvalue weighted by atomic mass is 10.1. The highest BCUT2D eigenvalue weighted by molar-refractivity contribution is 7.13. The molecule has 2 aromatic rings. The van der Waals surface area contributed by atoms with Gasteiger partial charge in [0.2, 0.25) is 0 Å². The first-order chi connectivity index (χ1) is 12.1. The smallest absolute Gasteiger partial charge is 0.266 e. The predicted molar refractivity (Wildman–Crippen MR) is 97.9 cm³/mol. The molecule has 7 heteroatoms. The van der Waals surface area contributed by atoms with E-state index in [4.69, 9.17) is 4.98 Å². The van der Waals surface area contributed by atoms with Crippen molar-refractivity contribution in [2.24, 2.45) is 7.05 Å². The number of hydrogen-bond donors (Lipinski definition) is 1. The molecule has 1 aliphatic heterocycles. The molecule has 0 bridgehead atoms. The van der Waals surface area contributed by atoms with E-state index in [2.05, 4.69) is 10.3 Å². The molecule has 134 valence electrons. The fourth-order valence-corrected chi connectivity index (χ4v) is 5.16. The molecule has 0 aromatic carbocycles. The van der Waals surface area contributed by atoms with Gasteiger partial charge in [0.25, 0.3) is 5.91 Å². The fourth-order valence-electron chi connectivity index (χ4n) is 3.97. The number of amides is 1. The van der Waals surface area contributed by atoms with Crippen LogP contribution in [0.2, 0.25) is 0 Å². The molecule has 1 saturated carbocycles. The lowest BCUT2D eigenvalue weighted by molar-refractivity contribution is 0.0625. The number of piperazine rings is 1. The molecule has 2 fully saturated rings. The maximum Gasteiger partial charge on any atom is 0.266 e. The Balaban J connectivity index is 1.61. The molecule has 1 atom stereocenters. The first-order valence-corrected chi connectivity index (χ1v) is 9.93. The maximum atomic E-state index is 13.3. The topological polar surface area (TPSA) is 63.1 Å². The Morgan fingerprint density at radius 2 is 2.16 bits per heavy atom. The van der Waals surface area contributed by atoms with E-state index in [1.807, 2.05) is 29.6 Å². The van der Waals surface area contributed by atoms with Gasteiger partial charge in [-0.15, -0.1) is 11.3 Å². The standard InChI is InChI=1S/C18H25N5OS/c1-12-15(25-17(21-12)13-5-3-4-6-13)18(24)23-10-7-19-11-14(23)16-20-8-9-22(16)2/h8-9,13-14,19H,3-7,10-11H2,1-2H3. The van der Waals surface area contributed by atoms with Crippen LogP contribution < -0.4 is 5.32 Å². The first kappa shape index (κ1) is 16.7. The first-order valence-electron chi connectivity index (χ1n) is 9.11. The van der Waals surface area contributed by atoms with Crippen molar-refractivity contribution in [3.63, 3.8) is 0 Å². The maximum absolute atomic E-state index is 13.3. The SMILES string of the molecule is Cc1nc(C2CCCC2)sc1C(=O)N1CCNCC1c1nccn1C. The van der Waals surface area contributed by atoms with Gasteiger partial charge >= 0.3 is 0 Å². The van der Waals surface area contributed by atoms with Crippen molar-refractivity contribution < 1.29 is 4.79 Å². The van der Waals surface area contributed by atoms with Crippen LogP contribution in [0.25, 0.3) is 0 Å². The predicted octanol–water partition coefficient (Wildman–Crippen LogP) is 2.63. The lowest BCUT2D eigenvalue weighted by Crippen LogP contribution is -2.49. The van der Waals surface area contributed by atoms with Crippen LogP contribution in [0.3, 0.4) is 0 Å².